The Bertz CT molecular complexity index is 1110. The summed E-state index contributed by atoms with van der Waals surface area (Å²) in [7, 11) is 1.58. The number of nitrogens with zero attached hydrogens (tertiary/aromatic N) is 1. The van der Waals surface area contributed by atoms with Gasteiger partial charge in [0.15, 0.2) is 11.5 Å². The third-order valence-electron chi connectivity index (χ3n) is 4.78. The summed E-state index contributed by atoms with van der Waals surface area (Å²) < 4.78 is 25.8. The Balaban J connectivity index is 1.62. The molecule has 1 aliphatic rings. The van der Waals surface area contributed by atoms with Crippen LogP contribution in [0.4, 0.5) is 10.1 Å². The highest BCUT2D eigenvalue weighted by Crippen LogP contribution is 2.45. The lowest BCUT2D eigenvalue weighted by atomic mass is 10.1. The van der Waals surface area contributed by atoms with Crippen LogP contribution in [0.5, 0.6) is 11.5 Å². The van der Waals surface area contributed by atoms with E-state index in [0.717, 1.165) is 20.4 Å². The number of benzene rings is 3. The van der Waals surface area contributed by atoms with Crippen molar-refractivity contribution >= 4 is 57.5 Å². The molecule has 1 saturated heterocycles. The molecule has 0 spiro atoms. The third-order valence-corrected chi connectivity index (χ3v) is 7.05. The van der Waals surface area contributed by atoms with Gasteiger partial charge in [-0.15, -0.1) is 11.8 Å². The monoisotopic (exact) mass is 569 g/mol. The molecule has 0 radical (unpaired) electrons. The van der Waals surface area contributed by atoms with E-state index in [1.807, 2.05) is 30.3 Å². The molecule has 0 aliphatic carbocycles. The number of halogens is 3. The molecule has 31 heavy (non-hydrogen) atoms. The lowest BCUT2D eigenvalue weighted by Crippen LogP contribution is -2.27. The second-order valence-electron chi connectivity index (χ2n) is 6.86. The summed E-state index contributed by atoms with van der Waals surface area (Å²) in [5.74, 6) is 1.28. The average Bonchev–Trinajstić information content (AvgIpc) is 3.14. The molecule has 1 heterocycles. The van der Waals surface area contributed by atoms with E-state index in [0.29, 0.717) is 22.3 Å². The standard InChI is InChI=1S/C23H18ClFINO3S/c1-29-20-11-15(10-19(26)22(20)30-12-14-3-2-4-17(25)9-14)23-27(21(28)13-31-23)18-7-5-16(24)6-8-18/h2-11,23H,12-13H2,1H3/t23-/m1/s1. The lowest BCUT2D eigenvalue weighted by molar-refractivity contribution is -0.115. The Morgan fingerprint density at radius 1 is 1.19 bits per heavy atom. The van der Waals surface area contributed by atoms with E-state index in [-0.39, 0.29) is 23.7 Å². The first-order chi connectivity index (χ1) is 15.0. The van der Waals surface area contributed by atoms with Crippen molar-refractivity contribution < 1.29 is 18.7 Å². The molecular formula is C23H18ClFINO3S. The average molecular weight is 570 g/mol. The van der Waals surface area contributed by atoms with Crippen molar-refractivity contribution in [3.63, 3.8) is 0 Å². The van der Waals surface area contributed by atoms with Gasteiger partial charge in [-0.3, -0.25) is 9.69 Å². The van der Waals surface area contributed by atoms with Gasteiger partial charge in [0.05, 0.1) is 16.4 Å². The summed E-state index contributed by atoms with van der Waals surface area (Å²) in [5.41, 5.74) is 2.46. The second kappa shape index (κ2) is 9.67. The van der Waals surface area contributed by atoms with Crippen LogP contribution in [-0.4, -0.2) is 18.8 Å². The number of rotatable bonds is 6. The molecule has 3 aromatic carbocycles. The maximum Gasteiger partial charge on any atom is 0.238 e. The van der Waals surface area contributed by atoms with E-state index in [1.54, 1.807) is 42.0 Å². The minimum atomic E-state index is -0.302. The summed E-state index contributed by atoms with van der Waals surface area (Å²) >= 11 is 9.76. The molecule has 160 valence electrons. The number of carbonyl (C=O) groups excluding carboxylic acids is 1. The molecule has 1 aliphatic heterocycles. The molecule has 0 bridgehead atoms. The van der Waals surface area contributed by atoms with E-state index < -0.39 is 0 Å². The number of methoxy groups -OCH3 is 1. The van der Waals surface area contributed by atoms with Gasteiger partial charge in [-0.05, 0) is 82.2 Å². The van der Waals surface area contributed by atoms with Gasteiger partial charge in [-0.1, -0.05) is 23.7 Å². The minimum absolute atomic E-state index is 0.0396. The molecule has 0 aromatic heterocycles. The second-order valence-corrected chi connectivity index (χ2v) is 9.52. The van der Waals surface area contributed by atoms with E-state index in [4.69, 9.17) is 21.1 Å². The zero-order valence-electron chi connectivity index (χ0n) is 16.5. The van der Waals surface area contributed by atoms with Crippen molar-refractivity contribution in [3.8, 4) is 11.5 Å². The van der Waals surface area contributed by atoms with Crippen LogP contribution in [0, 0.1) is 9.39 Å². The van der Waals surface area contributed by atoms with Crippen LogP contribution in [0.2, 0.25) is 5.02 Å². The van der Waals surface area contributed by atoms with Crippen molar-refractivity contribution in [1.82, 2.24) is 0 Å². The number of hydrogen-bond donors (Lipinski definition) is 0. The molecule has 4 rings (SSSR count). The predicted molar refractivity (Wildman–Crippen MR) is 131 cm³/mol. The highest BCUT2D eigenvalue weighted by atomic mass is 127. The number of carbonyl (C=O) groups is 1. The summed E-state index contributed by atoms with van der Waals surface area (Å²) in [6.45, 7) is 0.219. The van der Waals surface area contributed by atoms with Crippen molar-refractivity contribution in [2.75, 3.05) is 17.8 Å². The normalized spacial score (nSPS) is 15.9. The van der Waals surface area contributed by atoms with Crippen LogP contribution in [0.15, 0.2) is 60.7 Å². The smallest absolute Gasteiger partial charge is 0.238 e. The van der Waals surface area contributed by atoms with Crippen molar-refractivity contribution in [2.45, 2.75) is 12.0 Å². The zero-order chi connectivity index (χ0) is 22.0. The van der Waals surface area contributed by atoms with E-state index in [9.17, 15) is 9.18 Å². The van der Waals surface area contributed by atoms with E-state index >= 15 is 0 Å². The fraction of sp³-hybridized carbons (Fsp3) is 0.174. The van der Waals surface area contributed by atoms with Crippen LogP contribution in [0.1, 0.15) is 16.5 Å². The Morgan fingerprint density at radius 3 is 2.68 bits per heavy atom. The maximum absolute atomic E-state index is 13.5. The molecule has 3 aromatic rings. The van der Waals surface area contributed by atoms with Gasteiger partial charge in [0.25, 0.3) is 0 Å². The molecule has 4 nitrogen and oxygen atoms in total. The van der Waals surface area contributed by atoms with E-state index in [2.05, 4.69) is 22.6 Å². The molecular weight excluding hydrogens is 552 g/mol. The van der Waals surface area contributed by atoms with Gasteiger partial charge in [0, 0.05) is 10.7 Å². The van der Waals surface area contributed by atoms with Crippen molar-refractivity contribution in [2.24, 2.45) is 0 Å². The fourth-order valence-corrected chi connectivity index (χ4v) is 5.42. The molecule has 1 fully saturated rings. The Hall–Kier alpha value is -1.97. The van der Waals surface area contributed by atoms with Crippen LogP contribution < -0.4 is 14.4 Å². The van der Waals surface area contributed by atoms with Gasteiger partial charge in [-0.25, -0.2) is 4.39 Å². The Labute approximate surface area is 202 Å². The Kier molecular flexibility index (Phi) is 6.93. The van der Waals surface area contributed by atoms with Crippen LogP contribution in [0.25, 0.3) is 0 Å². The highest BCUT2D eigenvalue weighted by Gasteiger charge is 2.35. The predicted octanol–water partition coefficient (Wildman–Crippen LogP) is 6.45. The topological polar surface area (TPSA) is 38.8 Å². The first-order valence-electron chi connectivity index (χ1n) is 9.40. The Morgan fingerprint density at radius 2 is 1.97 bits per heavy atom. The van der Waals surface area contributed by atoms with Crippen LogP contribution >= 0.6 is 46.0 Å². The van der Waals surface area contributed by atoms with Gasteiger partial charge < -0.3 is 9.47 Å². The highest BCUT2D eigenvalue weighted by molar-refractivity contribution is 14.1. The van der Waals surface area contributed by atoms with Crippen LogP contribution in [0.3, 0.4) is 0 Å². The molecule has 1 amide bonds. The number of thioether (sulfide) groups is 1. The molecule has 0 saturated carbocycles. The molecule has 1 atom stereocenters. The molecule has 0 N–H and O–H groups in total. The quantitative estimate of drug-likeness (QED) is 0.320. The lowest BCUT2D eigenvalue weighted by Gasteiger charge is -2.25. The largest absolute Gasteiger partial charge is 0.493 e. The van der Waals surface area contributed by atoms with Gasteiger partial charge >= 0.3 is 0 Å². The summed E-state index contributed by atoms with van der Waals surface area (Å²) in [5, 5.41) is 0.434. The number of hydrogen-bond acceptors (Lipinski definition) is 4. The third kappa shape index (κ3) is 4.94. The first-order valence-corrected chi connectivity index (χ1v) is 11.9. The zero-order valence-corrected chi connectivity index (χ0v) is 20.2. The number of anilines is 1. The minimum Gasteiger partial charge on any atom is -0.493 e. The van der Waals surface area contributed by atoms with Gasteiger partial charge in [0.1, 0.15) is 17.8 Å². The number of amides is 1. The van der Waals surface area contributed by atoms with Crippen molar-refractivity contribution in [1.29, 1.82) is 0 Å². The summed E-state index contributed by atoms with van der Waals surface area (Å²) in [4.78, 5) is 14.4. The van der Waals surface area contributed by atoms with Crippen LogP contribution in [-0.2, 0) is 11.4 Å². The molecule has 0 unspecified atom stereocenters. The van der Waals surface area contributed by atoms with E-state index in [1.165, 1.54) is 12.1 Å². The molecule has 8 heteroatoms. The summed E-state index contributed by atoms with van der Waals surface area (Å²) in [6, 6.07) is 17.4. The first kappa shape index (κ1) is 22.2. The van der Waals surface area contributed by atoms with Crippen molar-refractivity contribution in [3.05, 3.63) is 86.2 Å². The fourth-order valence-electron chi connectivity index (χ4n) is 3.36. The maximum atomic E-state index is 13.5. The van der Waals surface area contributed by atoms with Gasteiger partial charge in [-0.2, -0.15) is 0 Å². The SMILES string of the molecule is COc1cc([C@H]2SCC(=O)N2c2ccc(Cl)cc2)cc(I)c1OCc1cccc(F)c1. The van der Waals surface area contributed by atoms with Gasteiger partial charge in [0.2, 0.25) is 5.91 Å². The summed E-state index contributed by atoms with van der Waals surface area (Å²) in [6.07, 6.45) is 0. The number of ether oxygens (including phenoxy) is 2.